The summed E-state index contributed by atoms with van der Waals surface area (Å²) in [5.74, 6) is 2.01. The van der Waals surface area contributed by atoms with E-state index in [1.54, 1.807) is 7.11 Å². The molecule has 2 aromatic rings. The van der Waals surface area contributed by atoms with E-state index in [0.29, 0.717) is 5.92 Å². The van der Waals surface area contributed by atoms with Gasteiger partial charge in [0, 0.05) is 19.0 Å². The highest BCUT2D eigenvalue weighted by molar-refractivity contribution is 5.81. The van der Waals surface area contributed by atoms with Gasteiger partial charge in [-0.15, -0.1) is 0 Å². The molecular weight excluding hydrogens is 326 g/mol. The molecule has 2 unspecified atom stereocenters. The maximum atomic E-state index is 12.9. The van der Waals surface area contributed by atoms with Gasteiger partial charge in [-0.25, -0.2) is 0 Å². The van der Waals surface area contributed by atoms with Crippen molar-refractivity contribution in [2.24, 2.45) is 0 Å². The van der Waals surface area contributed by atoms with Crippen molar-refractivity contribution in [2.75, 3.05) is 20.2 Å². The number of amides is 1. The first-order valence-corrected chi connectivity index (χ1v) is 9.32. The van der Waals surface area contributed by atoms with Crippen LogP contribution in [-0.2, 0) is 4.79 Å². The third kappa shape index (κ3) is 4.57. The third-order valence-corrected chi connectivity index (χ3v) is 4.97. The van der Waals surface area contributed by atoms with Crippen molar-refractivity contribution in [1.82, 2.24) is 4.90 Å². The van der Waals surface area contributed by atoms with Gasteiger partial charge in [0.25, 0.3) is 5.91 Å². The number of likely N-dealkylation sites (tertiary alicyclic amines) is 1. The average Bonchev–Trinajstić information content (AvgIpc) is 2.94. The summed E-state index contributed by atoms with van der Waals surface area (Å²) in [5.41, 5.74) is 1.27. The quantitative estimate of drug-likeness (QED) is 0.806. The van der Waals surface area contributed by atoms with Crippen LogP contribution >= 0.6 is 0 Å². The summed E-state index contributed by atoms with van der Waals surface area (Å²) in [6.45, 7) is 3.38. The van der Waals surface area contributed by atoms with Crippen molar-refractivity contribution < 1.29 is 14.3 Å². The molecule has 2 aromatic carbocycles. The van der Waals surface area contributed by atoms with Gasteiger partial charge in [0.1, 0.15) is 11.5 Å². The van der Waals surface area contributed by atoms with Gasteiger partial charge in [0.15, 0.2) is 6.10 Å². The van der Waals surface area contributed by atoms with E-state index < -0.39 is 6.10 Å². The number of carbonyl (C=O) groups is 1. The van der Waals surface area contributed by atoms with E-state index in [9.17, 15) is 4.79 Å². The van der Waals surface area contributed by atoms with Gasteiger partial charge in [-0.1, -0.05) is 36.8 Å². The van der Waals surface area contributed by atoms with Gasteiger partial charge in [-0.3, -0.25) is 4.79 Å². The highest BCUT2D eigenvalue weighted by atomic mass is 16.5. The minimum atomic E-state index is -0.480. The summed E-state index contributed by atoms with van der Waals surface area (Å²) in [6, 6.07) is 17.7. The minimum Gasteiger partial charge on any atom is -0.497 e. The Labute approximate surface area is 155 Å². The van der Waals surface area contributed by atoms with E-state index in [1.807, 2.05) is 54.3 Å². The van der Waals surface area contributed by atoms with Crippen LogP contribution in [-0.4, -0.2) is 37.1 Å². The number of hydrogen-bond donors (Lipinski definition) is 0. The molecule has 1 aliphatic heterocycles. The molecule has 0 saturated carbocycles. The molecule has 1 heterocycles. The monoisotopic (exact) mass is 353 g/mol. The van der Waals surface area contributed by atoms with E-state index in [-0.39, 0.29) is 5.91 Å². The molecule has 0 spiro atoms. The molecule has 4 heteroatoms. The molecule has 1 saturated heterocycles. The Morgan fingerprint density at radius 1 is 1.04 bits per heavy atom. The normalized spacial score (nSPS) is 18.7. The molecule has 0 radical (unpaired) electrons. The zero-order valence-electron chi connectivity index (χ0n) is 15.6. The Bertz CT molecular complexity index is 699. The fourth-order valence-electron chi connectivity index (χ4n) is 3.50. The maximum absolute atomic E-state index is 12.9. The van der Waals surface area contributed by atoms with Crippen molar-refractivity contribution in [3.05, 3.63) is 60.2 Å². The molecular formula is C22H27NO3. The molecule has 1 aliphatic rings. The maximum Gasteiger partial charge on any atom is 0.263 e. The van der Waals surface area contributed by atoms with Crippen LogP contribution in [0.25, 0.3) is 0 Å². The number of benzene rings is 2. The number of nitrogens with zero attached hydrogens (tertiary/aromatic N) is 1. The molecule has 0 aliphatic carbocycles. The van der Waals surface area contributed by atoms with Gasteiger partial charge < -0.3 is 14.4 Å². The van der Waals surface area contributed by atoms with Crippen LogP contribution in [0.4, 0.5) is 0 Å². The van der Waals surface area contributed by atoms with E-state index in [4.69, 9.17) is 9.47 Å². The van der Waals surface area contributed by atoms with Crippen LogP contribution in [0.15, 0.2) is 54.6 Å². The third-order valence-electron chi connectivity index (χ3n) is 4.97. The van der Waals surface area contributed by atoms with Gasteiger partial charge >= 0.3 is 0 Å². The predicted molar refractivity (Wildman–Crippen MR) is 103 cm³/mol. The molecule has 0 aromatic heterocycles. The van der Waals surface area contributed by atoms with Crippen LogP contribution in [0.5, 0.6) is 11.5 Å². The van der Waals surface area contributed by atoms with Crippen molar-refractivity contribution in [3.63, 3.8) is 0 Å². The lowest BCUT2D eigenvalue weighted by Gasteiger charge is -2.27. The van der Waals surface area contributed by atoms with Gasteiger partial charge in [0.2, 0.25) is 0 Å². The molecule has 26 heavy (non-hydrogen) atoms. The Morgan fingerprint density at radius 2 is 1.77 bits per heavy atom. The topological polar surface area (TPSA) is 38.8 Å². The molecule has 3 rings (SSSR count). The van der Waals surface area contributed by atoms with Crippen molar-refractivity contribution in [3.8, 4) is 11.5 Å². The van der Waals surface area contributed by atoms with Crippen molar-refractivity contribution in [1.29, 1.82) is 0 Å². The largest absolute Gasteiger partial charge is 0.497 e. The first kappa shape index (κ1) is 18.3. The molecule has 0 N–H and O–H groups in total. The Balaban J connectivity index is 1.66. The van der Waals surface area contributed by atoms with Gasteiger partial charge in [-0.2, -0.15) is 0 Å². The van der Waals surface area contributed by atoms with Crippen molar-refractivity contribution in [2.45, 2.75) is 38.2 Å². The predicted octanol–water partition coefficient (Wildman–Crippen LogP) is 4.26. The summed E-state index contributed by atoms with van der Waals surface area (Å²) in [6.07, 6.45) is 2.79. The molecule has 2 atom stereocenters. The SMILES string of the molecule is COc1ccc(C2CCCCN(C(=O)C(C)Oc3ccccc3)C2)cc1. The molecule has 138 valence electrons. The number of hydrogen-bond acceptors (Lipinski definition) is 3. The van der Waals surface area contributed by atoms with E-state index in [0.717, 1.165) is 43.9 Å². The van der Waals surface area contributed by atoms with Crippen LogP contribution in [0.3, 0.4) is 0 Å². The molecule has 0 bridgehead atoms. The summed E-state index contributed by atoms with van der Waals surface area (Å²) in [4.78, 5) is 14.9. The Kier molecular flexibility index (Phi) is 6.16. The minimum absolute atomic E-state index is 0.0641. The first-order chi connectivity index (χ1) is 12.7. The lowest BCUT2D eigenvalue weighted by atomic mass is 9.94. The lowest BCUT2D eigenvalue weighted by molar-refractivity contribution is -0.138. The standard InChI is InChI=1S/C22H27NO3/c1-17(26-21-9-4-3-5-10-21)22(24)23-15-7-6-8-19(16-23)18-11-13-20(25-2)14-12-18/h3-5,9-14,17,19H,6-8,15-16H2,1-2H3. The average molecular weight is 353 g/mol. The second-order valence-corrected chi connectivity index (χ2v) is 6.82. The summed E-state index contributed by atoms with van der Waals surface area (Å²) in [7, 11) is 1.68. The van der Waals surface area contributed by atoms with Crippen LogP contribution < -0.4 is 9.47 Å². The first-order valence-electron chi connectivity index (χ1n) is 9.32. The molecule has 1 amide bonds. The van der Waals surface area contributed by atoms with E-state index in [1.165, 1.54) is 5.56 Å². The highest BCUT2D eigenvalue weighted by Gasteiger charge is 2.27. The summed E-state index contributed by atoms with van der Waals surface area (Å²) in [5, 5.41) is 0. The number of methoxy groups -OCH3 is 1. The lowest BCUT2D eigenvalue weighted by Crippen LogP contribution is -2.42. The summed E-state index contributed by atoms with van der Waals surface area (Å²) < 4.78 is 11.1. The van der Waals surface area contributed by atoms with E-state index >= 15 is 0 Å². The molecule has 4 nitrogen and oxygen atoms in total. The highest BCUT2D eigenvalue weighted by Crippen LogP contribution is 2.28. The second-order valence-electron chi connectivity index (χ2n) is 6.82. The van der Waals surface area contributed by atoms with E-state index in [2.05, 4.69) is 12.1 Å². The number of rotatable bonds is 5. The van der Waals surface area contributed by atoms with Gasteiger partial charge in [-0.05, 0) is 49.6 Å². The van der Waals surface area contributed by atoms with Gasteiger partial charge in [0.05, 0.1) is 7.11 Å². The fourth-order valence-corrected chi connectivity index (χ4v) is 3.50. The second kappa shape index (κ2) is 8.75. The number of carbonyl (C=O) groups excluding carboxylic acids is 1. The zero-order valence-corrected chi connectivity index (χ0v) is 15.6. The van der Waals surface area contributed by atoms with Crippen LogP contribution in [0, 0.1) is 0 Å². The Hall–Kier alpha value is -2.49. The fraction of sp³-hybridized carbons (Fsp3) is 0.409. The zero-order chi connectivity index (χ0) is 18.4. The Morgan fingerprint density at radius 3 is 2.46 bits per heavy atom. The summed E-state index contributed by atoms with van der Waals surface area (Å²) >= 11 is 0. The van der Waals surface area contributed by atoms with Crippen LogP contribution in [0.2, 0.25) is 0 Å². The number of para-hydroxylation sites is 1. The number of ether oxygens (including phenoxy) is 2. The smallest absolute Gasteiger partial charge is 0.263 e. The van der Waals surface area contributed by atoms with Crippen molar-refractivity contribution >= 4 is 5.91 Å². The molecule has 1 fully saturated rings. The van der Waals surface area contributed by atoms with Crippen LogP contribution in [0.1, 0.15) is 37.7 Å².